The number of ether oxygens (including phenoxy) is 2. The first-order valence-electron chi connectivity index (χ1n) is 15.7. The minimum Gasteiger partial charge on any atom is -0.497 e. The maximum Gasteiger partial charge on any atom is 0.264 e. The molecule has 0 aliphatic heterocycles. The maximum atomic E-state index is 14.7. The summed E-state index contributed by atoms with van der Waals surface area (Å²) in [5.74, 6) is -0.296. The van der Waals surface area contributed by atoms with E-state index in [9.17, 15) is 18.0 Å². The van der Waals surface area contributed by atoms with E-state index < -0.39 is 28.5 Å². The van der Waals surface area contributed by atoms with Crippen LogP contribution in [-0.2, 0) is 32.6 Å². The number of methoxy groups -OCH3 is 2. The quantitative estimate of drug-likeness (QED) is 0.149. The predicted octanol–water partition coefficient (Wildman–Crippen LogP) is 6.52. The molecular weight excluding hydrogens is 694 g/mol. The van der Waals surface area contributed by atoms with Gasteiger partial charge in [0.2, 0.25) is 11.8 Å². The number of hydrogen-bond acceptors (Lipinski definition) is 6. The van der Waals surface area contributed by atoms with Crippen LogP contribution in [0.15, 0.2) is 106 Å². The first kappa shape index (κ1) is 36.5. The number of nitrogens with one attached hydrogen (secondary N) is 1. The molecule has 0 heterocycles. The highest BCUT2D eigenvalue weighted by Gasteiger charge is 2.36. The summed E-state index contributed by atoms with van der Waals surface area (Å²) in [6.07, 6.45) is 0.914. The van der Waals surface area contributed by atoms with Gasteiger partial charge in [0.25, 0.3) is 10.0 Å². The van der Waals surface area contributed by atoms with Crippen molar-refractivity contribution >= 4 is 43.5 Å². The van der Waals surface area contributed by atoms with Crippen LogP contribution >= 0.6 is 15.9 Å². The van der Waals surface area contributed by atoms with E-state index in [1.807, 2.05) is 75.4 Å². The zero-order valence-electron chi connectivity index (χ0n) is 27.9. The lowest BCUT2D eigenvalue weighted by atomic mass is 10.0. The number of hydrogen-bond donors (Lipinski definition) is 1. The molecule has 0 saturated heterocycles. The molecule has 0 aliphatic carbocycles. The van der Waals surface area contributed by atoms with Gasteiger partial charge in [-0.25, -0.2) is 8.42 Å². The third kappa shape index (κ3) is 9.17. The molecule has 0 spiro atoms. The number of halogens is 1. The molecule has 4 rings (SSSR count). The SMILES string of the molecule is CC[C@@H](C)NC(=O)[C@@H](Cc1ccccc1)N(Cc1cccc(Br)c1)C(=O)CN(c1cc(OC)ccc1OC)S(=O)(=O)c1ccc(C)cc1. The second kappa shape index (κ2) is 16.7. The molecule has 4 aromatic carbocycles. The van der Waals surface area contributed by atoms with Gasteiger partial charge in [-0.3, -0.25) is 13.9 Å². The summed E-state index contributed by atoms with van der Waals surface area (Å²) in [6.45, 7) is 5.17. The molecule has 0 saturated carbocycles. The molecule has 9 nitrogen and oxygen atoms in total. The van der Waals surface area contributed by atoms with Gasteiger partial charge in [0.1, 0.15) is 24.1 Å². The van der Waals surface area contributed by atoms with Gasteiger partial charge in [-0.2, -0.15) is 0 Å². The normalized spacial score (nSPS) is 12.5. The average molecular weight is 737 g/mol. The van der Waals surface area contributed by atoms with Gasteiger partial charge in [-0.05, 0) is 67.8 Å². The lowest BCUT2D eigenvalue weighted by Gasteiger charge is -2.34. The van der Waals surface area contributed by atoms with Gasteiger partial charge >= 0.3 is 0 Å². The van der Waals surface area contributed by atoms with Crippen LogP contribution in [0.5, 0.6) is 11.5 Å². The standard InChI is InChI=1S/C37H42BrN3O6S/c1-6-27(3)39-37(43)34(22-28-11-8-7-9-12-28)40(24-29-13-10-14-30(38)21-29)36(42)25-41(33-23-31(46-4)17-20-35(33)47-5)48(44,45)32-18-15-26(2)16-19-32/h7-21,23,27,34H,6,22,24-25H2,1-5H3,(H,39,43)/t27-,34-/m1/s1. The number of nitrogens with zero attached hydrogens (tertiary/aromatic N) is 2. The lowest BCUT2D eigenvalue weighted by molar-refractivity contribution is -0.140. The van der Waals surface area contributed by atoms with Crippen LogP contribution in [0.2, 0.25) is 0 Å². The van der Waals surface area contributed by atoms with E-state index in [-0.39, 0.29) is 41.2 Å². The minimum absolute atomic E-state index is 0.000313. The van der Waals surface area contributed by atoms with Gasteiger partial charge < -0.3 is 19.7 Å². The predicted molar refractivity (Wildman–Crippen MR) is 192 cm³/mol. The number of carbonyl (C=O) groups excluding carboxylic acids is 2. The van der Waals surface area contributed by atoms with Crippen molar-refractivity contribution in [3.8, 4) is 11.5 Å². The van der Waals surface area contributed by atoms with Crippen LogP contribution in [0.3, 0.4) is 0 Å². The Kier molecular flexibility index (Phi) is 12.7. The van der Waals surface area contributed by atoms with Crippen molar-refractivity contribution in [3.63, 3.8) is 0 Å². The highest BCUT2D eigenvalue weighted by molar-refractivity contribution is 9.10. The number of anilines is 1. The minimum atomic E-state index is -4.32. The molecule has 2 atom stereocenters. The van der Waals surface area contributed by atoms with Gasteiger partial charge in [-0.1, -0.05) is 83.0 Å². The number of amides is 2. The van der Waals surface area contributed by atoms with Crippen LogP contribution in [0, 0.1) is 6.92 Å². The second-order valence-corrected chi connectivity index (χ2v) is 14.3. The Morgan fingerprint density at radius 2 is 1.56 bits per heavy atom. The van der Waals surface area contributed by atoms with E-state index in [1.165, 1.54) is 37.3 Å². The van der Waals surface area contributed by atoms with Crippen LogP contribution in [0.4, 0.5) is 5.69 Å². The molecule has 1 N–H and O–H groups in total. The molecule has 0 aromatic heterocycles. The van der Waals surface area contributed by atoms with E-state index >= 15 is 0 Å². The zero-order valence-corrected chi connectivity index (χ0v) is 30.3. The van der Waals surface area contributed by atoms with Crippen molar-refractivity contribution in [1.29, 1.82) is 0 Å². The van der Waals surface area contributed by atoms with Gasteiger partial charge in [0, 0.05) is 29.5 Å². The molecule has 4 aromatic rings. The van der Waals surface area contributed by atoms with Crippen molar-refractivity contribution in [2.45, 2.75) is 57.1 Å². The van der Waals surface area contributed by atoms with Crippen LogP contribution in [-0.4, -0.2) is 58.0 Å². The van der Waals surface area contributed by atoms with Crippen molar-refractivity contribution < 1.29 is 27.5 Å². The molecule has 254 valence electrons. The van der Waals surface area contributed by atoms with Crippen molar-refractivity contribution in [1.82, 2.24) is 10.2 Å². The monoisotopic (exact) mass is 735 g/mol. The van der Waals surface area contributed by atoms with Crippen molar-refractivity contribution in [2.24, 2.45) is 0 Å². The Morgan fingerprint density at radius 1 is 0.875 bits per heavy atom. The molecule has 11 heteroatoms. The summed E-state index contributed by atoms with van der Waals surface area (Å²) in [4.78, 5) is 30.2. The van der Waals surface area contributed by atoms with Crippen LogP contribution in [0.25, 0.3) is 0 Å². The van der Waals surface area contributed by atoms with Gasteiger partial charge in [-0.15, -0.1) is 0 Å². The fraction of sp³-hybridized carbons (Fsp3) is 0.297. The molecule has 0 bridgehead atoms. The fourth-order valence-corrected chi connectivity index (χ4v) is 7.03. The fourth-order valence-electron chi connectivity index (χ4n) is 5.17. The number of aryl methyl sites for hydroxylation is 1. The Balaban J connectivity index is 1.87. The van der Waals surface area contributed by atoms with Crippen molar-refractivity contribution in [3.05, 3.63) is 118 Å². The number of benzene rings is 4. The van der Waals surface area contributed by atoms with E-state index in [2.05, 4.69) is 21.2 Å². The van der Waals surface area contributed by atoms with Crippen LogP contribution in [0.1, 0.15) is 37.0 Å². The number of carbonyl (C=O) groups is 2. The van der Waals surface area contributed by atoms with Gasteiger partial charge in [0.15, 0.2) is 0 Å². The first-order chi connectivity index (χ1) is 23.0. The summed E-state index contributed by atoms with van der Waals surface area (Å²) < 4.78 is 41.7. The number of sulfonamides is 1. The zero-order chi connectivity index (χ0) is 34.8. The molecule has 0 fully saturated rings. The van der Waals surface area contributed by atoms with E-state index in [0.29, 0.717) is 12.2 Å². The van der Waals surface area contributed by atoms with Gasteiger partial charge in [0.05, 0.1) is 24.8 Å². The van der Waals surface area contributed by atoms with E-state index in [0.717, 1.165) is 25.5 Å². The molecule has 48 heavy (non-hydrogen) atoms. The highest BCUT2D eigenvalue weighted by atomic mass is 79.9. The first-order valence-corrected chi connectivity index (χ1v) is 17.9. The number of rotatable bonds is 15. The average Bonchev–Trinajstić information content (AvgIpc) is 3.08. The van der Waals surface area contributed by atoms with Crippen molar-refractivity contribution in [2.75, 3.05) is 25.1 Å². The Labute approximate surface area is 292 Å². The molecule has 0 unspecified atom stereocenters. The molecule has 0 radical (unpaired) electrons. The second-order valence-electron chi connectivity index (χ2n) is 11.5. The highest BCUT2D eigenvalue weighted by Crippen LogP contribution is 2.36. The third-order valence-corrected chi connectivity index (χ3v) is 10.3. The summed E-state index contributed by atoms with van der Waals surface area (Å²) in [5.41, 5.74) is 2.62. The Hall–Kier alpha value is -4.35. The smallest absolute Gasteiger partial charge is 0.264 e. The lowest BCUT2D eigenvalue weighted by Crippen LogP contribution is -2.54. The topological polar surface area (TPSA) is 105 Å². The Morgan fingerprint density at radius 3 is 2.19 bits per heavy atom. The largest absolute Gasteiger partial charge is 0.497 e. The Bertz CT molecular complexity index is 1800. The summed E-state index contributed by atoms with van der Waals surface area (Å²) in [7, 11) is -1.42. The molecule has 2 amide bonds. The third-order valence-electron chi connectivity index (χ3n) is 8.06. The van der Waals surface area contributed by atoms with E-state index in [1.54, 1.807) is 24.3 Å². The van der Waals surface area contributed by atoms with Crippen LogP contribution < -0.4 is 19.1 Å². The summed E-state index contributed by atoms with van der Waals surface area (Å²) >= 11 is 3.51. The summed E-state index contributed by atoms with van der Waals surface area (Å²) in [5, 5.41) is 3.05. The maximum absolute atomic E-state index is 14.7. The molecule has 0 aliphatic rings. The summed E-state index contributed by atoms with van der Waals surface area (Å²) in [6, 6.07) is 27.0. The molecular formula is C37H42BrN3O6S. The van der Waals surface area contributed by atoms with E-state index in [4.69, 9.17) is 9.47 Å².